The van der Waals surface area contributed by atoms with E-state index in [1.807, 2.05) is 13.0 Å². The minimum Gasteiger partial charge on any atom is -0.481 e. The highest BCUT2D eigenvalue weighted by molar-refractivity contribution is 6.31. The molecule has 0 aliphatic heterocycles. The first-order valence-corrected chi connectivity index (χ1v) is 6.02. The van der Waals surface area contributed by atoms with Crippen LogP contribution in [-0.4, -0.2) is 16.2 Å². The molecule has 94 valence electrons. The van der Waals surface area contributed by atoms with Crippen LogP contribution >= 0.6 is 11.6 Å². The molecule has 0 bridgehead atoms. The van der Waals surface area contributed by atoms with E-state index in [0.717, 1.165) is 5.56 Å². The Kier molecular flexibility index (Phi) is 4.97. The molecule has 0 amide bonds. The summed E-state index contributed by atoms with van der Waals surface area (Å²) in [6, 6.07) is 5.30. The van der Waals surface area contributed by atoms with E-state index in [2.05, 4.69) is 0 Å². The van der Waals surface area contributed by atoms with Crippen molar-refractivity contribution in [3.8, 4) is 0 Å². The Balaban J connectivity index is 2.87. The maximum atomic E-state index is 10.9. The Hall–Kier alpha value is -1.06. The molecule has 0 aromatic heterocycles. The summed E-state index contributed by atoms with van der Waals surface area (Å²) >= 11 is 6.02. The predicted octanol–water partition coefficient (Wildman–Crippen LogP) is 3.05. The third-order valence-corrected chi connectivity index (χ3v) is 3.17. The molecule has 0 heterocycles. The summed E-state index contributed by atoms with van der Waals surface area (Å²) in [5.41, 5.74) is 1.55. The van der Waals surface area contributed by atoms with Gasteiger partial charge in [0.15, 0.2) is 0 Å². The Morgan fingerprint density at radius 2 is 2.12 bits per heavy atom. The predicted molar refractivity (Wildman–Crippen MR) is 67.2 cm³/mol. The van der Waals surface area contributed by atoms with Gasteiger partial charge in [-0.25, -0.2) is 0 Å². The lowest BCUT2D eigenvalue weighted by Gasteiger charge is -2.12. The monoisotopic (exact) mass is 256 g/mol. The number of carboxylic acid groups (broad SMARTS) is 1. The molecule has 1 aromatic rings. The normalized spacial score (nSPS) is 14.4. The van der Waals surface area contributed by atoms with Gasteiger partial charge in [0.25, 0.3) is 0 Å². The van der Waals surface area contributed by atoms with Crippen molar-refractivity contribution >= 4 is 17.6 Å². The number of hydrogen-bond acceptors (Lipinski definition) is 2. The Bertz CT molecular complexity index is 402. The maximum absolute atomic E-state index is 10.9. The van der Waals surface area contributed by atoms with Gasteiger partial charge in [-0.05, 0) is 37.0 Å². The summed E-state index contributed by atoms with van der Waals surface area (Å²) in [6.07, 6.45) is 0.439. The van der Waals surface area contributed by atoms with Crippen molar-refractivity contribution in [3.63, 3.8) is 0 Å². The van der Waals surface area contributed by atoms with Gasteiger partial charge in [-0.2, -0.15) is 0 Å². The molecule has 0 aliphatic rings. The van der Waals surface area contributed by atoms with Crippen LogP contribution in [0.2, 0.25) is 5.02 Å². The minimum atomic E-state index is -0.789. The molecule has 3 nitrogen and oxygen atoms in total. The van der Waals surface area contributed by atoms with E-state index in [1.165, 1.54) is 0 Å². The van der Waals surface area contributed by atoms with Crippen LogP contribution in [0.5, 0.6) is 0 Å². The van der Waals surface area contributed by atoms with E-state index in [-0.39, 0.29) is 5.92 Å². The molecule has 1 unspecified atom stereocenters. The molecule has 2 atom stereocenters. The molecule has 0 fully saturated rings. The van der Waals surface area contributed by atoms with Crippen molar-refractivity contribution in [2.75, 3.05) is 0 Å². The third kappa shape index (κ3) is 3.72. The number of hydrogen-bond donors (Lipinski definition) is 2. The molecule has 0 aliphatic carbocycles. The molecule has 1 rings (SSSR count). The second-order valence-corrected chi connectivity index (χ2v) is 4.59. The number of aliphatic hydroxyl groups is 1. The Morgan fingerprint density at radius 1 is 1.47 bits per heavy atom. The largest absolute Gasteiger partial charge is 0.481 e. The van der Waals surface area contributed by atoms with Crippen molar-refractivity contribution in [1.29, 1.82) is 0 Å². The number of benzene rings is 1. The Labute approximate surface area is 106 Å². The molecule has 4 heteroatoms. The first-order chi connectivity index (χ1) is 7.95. The van der Waals surface area contributed by atoms with Crippen LogP contribution in [0.4, 0.5) is 0 Å². The number of rotatable bonds is 5. The zero-order chi connectivity index (χ0) is 13.0. The van der Waals surface area contributed by atoms with E-state index >= 15 is 0 Å². The fourth-order valence-electron chi connectivity index (χ4n) is 1.73. The highest BCUT2D eigenvalue weighted by atomic mass is 35.5. The summed E-state index contributed by atoms with van der Waals surface area (Å²) in [4.78, 5) is 10.9. The fraction of sp³-hybridized carbons (Fsp3) is 0.462. The molecule has 1 aromatic carbocycles. The molecular formula is C13H17ClO3. The zero-order valence-electron chi connectivity index (χ0n) is 9.98. The third-order valence-electron chi connectivity index (χ3n) is 2.84. The molecule has 17 heavy (non-hydrogen) atoms. The SMILES string of the molecule is CCC(Cc1ccc([C@H](C)O)c(Cl)c1)C(=O)O. The van der Waals surface area contributed by atoms with Gasteiger partial charge in [0.1, 0.15) is 0 Å². The van der Waals surface area contributed by atoms with Gasteiger partial charge in [-0.15, -0.1) is 0 Å². The highest BCUT2D eigenvalue weighted by Gasteiger charge is 2.16. The maximum Gasteiger partial charge on any atom is 0.306 e. The van der Waals surface area contributed by atoms with Gasteiger partial charge in [0, 0.05) is 5.02 Å². The summed E-state index contributed by atoms with van der Waals surface area (Å²) in [5, 5.41) is 18.9. The van der Waals surface area contributed by atoms with E-state index in [9.17, 15) is 9.90 Å². The van der Waals surface area contributed by atoms with Gasteiger partial charge in [-0.3, -0.25) is 4.79 Å². The molecule has 2 N–H and O–H groups in total. The van der Waals surface area contributed by atoms with Crippen molar-refractivity contribution < 1.29 is 15.0 Å². The standard InChI is InChI=1S/C13H17ClO3/c1-3-10(13(16)17)6-9-4-5-11(8(2)15)12(14)7-9/h4-5,7-8,10,15H,3,6H2,1-2H3,(H,16,17)/t8-,10?/m0/s1. The number of halogens is 1. The summed E-state index contributed by atoms with van der Waals surface area (Å²) in [6.45, 7) is 3.50. The first kappa shape index (κ1) is 14.0. The van der Waals surface area contributed by atoms with Crippen LogP contribution in [0.25, 0.3) is 0 Å². The van der Waals surface area contributed by atoms with Crippen molar-refractivity contribution in [2.45, 2.75) is 32.8 Å². The van der Waals surface area contributed by atoms with Crippen LogP contribution < -0.4 is 0 Å². The van der Waals surface area contributed by atoms with Crippen LogP contribution in [0.15, 0.2) is 18.2 Å². The van der Waals surface area contributed by atoms with Gasteiger partial charge < -0.3 is 10.2 Å². The van der Waals surface area contributed by atoms with Crippen LogP contribution in [-0.2, 0) is 11.2 Å². The molecule has 0 spiro atoms. The average Bonchev–Trinajstić information content (AvgIpc) is 2.24. The Morgan fingerprint density at radius 3 is 2.53 bits per heavy atom. The van der Waals surface area contributed by atoms with Gasteiger partial charge in [-0.1, -0.05) is 30.7 Å². The van der Waals surface area contributed by atoms with E-state index < -0.39 is 12.1 Å². The van der Waals surface area contributed by atoms with Gasteiger partial charge >= 0.3 is 5.97 Å². The van der Waals surface area contributed by atoms with Crippen molar-refractivity contribution in [2.24, 2.45) is 5.92 Å². The highest BCUT2D eigenvalue weighted by Crippen LogP contribution is 2.25. The van der Waals surface area contributed by atoms with E-state index in [0.29, 0.717) is 23.4 Å². The average molecular weight is 257 g/mol. The number of aliphatic hydroxyl groups excluding tert-OH is 1. The lowest BCUT2D eigenvalue weighted by atomic mass is 9.96. The van der Waals surface area contributed by atoms with Crippen LogP contribution in [0.3, 0.4) is 0 Å². The van der Waals surface area contributed by atoms with Crippen LogP contribution in [0.1, 0.15) is 37.5 Å². The molecular weight excluding hydrogens is 240 g/mol. The van der Waals surface area contributed by atoms with Crippen molar-refractivity contribution in [3.05, 3.63) is 34.3 Å². The second kappa shape index (κ2) is 6.03. The van der Waals surface area contributed by atoms with Crippen molar-refractivity contribution in [1.82, 2.24) is 0 Å². The summed E-state index contributed by atoms with van der Waals surface area (Å²) in [5.74, 6) is -1.17. The number of aliphatic carboxylic acids is 1. The smallest absolute Gasteiger partial charge is 0.306 e. The lowest BCUT2D eigenvalue weighted by Crippen LogP contribution is -2.15. The van der Waals surface area contributed by atoms with Gasteiger partial charge in [0.05, 0.1) is 12.0 Å². The van der Waals surface area contributed by atoms with E-state index in [1.54, 1.807) is 19.1 Å². The quantitative estimate of drug-likeness (QED) is 0.851. The molecule has 0 saturated heterocycles. The molecule has 0 radical (unpaired) electrons. The lowest BCUT2D eigenvalue weighted by molar-refractivity contribution is -0.141. The zero-order valence-corrected chi connectivity index (χ0v) is 10.7. The number of carbonyl (C=O) groups is 1. The van der Waals surface area contributed by atoms with Gasteiger partial charge in [0.2, 0.25) is 0 Å². The van der Waals surface area contributed by atoms with Crippen LogP contribution in [0, 0.1) is 5.92 Å². The molecule has 0 saturated carbocycles. The summed E-state index contributed by atoms with van der Waals surface area (Å²) < 4.78 is 0. The minimum absolute atomic E-state index is 0.386. The first-order valence-electron chi connectivity index (χ1n) is 5.64. The topological polar surface area (TPSA) is 57.5 Å². The second-order valence-electron chi connectivity index (χ2n) is 4.18. The summed E-state index contributed by atoms with van der Waals surface area (Å²) in [7, 11) is 0. The fourth-order valence-corrected chi connectivity index (χ4v) is 2.09. The van der Waals surface area contributed by atoms with E-state index in [4.69, 9.17) is 16.7 Å². The number of carboxylic acids is 1.